The summed E-state index contributed by atoms with van der Waals surface area (Å²) in [7, 11) is 0. The largest absolute Gasteiger partial charge is 0.341 e. The lowest BCUT2D eigenvalue weighted by molar-refractivity contribution is -0.129. The van der Waals surface area contributed by atoms with Crippen LogP contribution in [0.25, 0.3) is 0 Å². The van der Waals surface area contributed by atoms with Gasteiger partial charge in [-0.1, -0.05) is 29.8 Å². The van der Waals surface area contributed by atoms with Gasteiger partial charge in [-0.2, -0.15) is 0 Å². The molecule has 2 N–H and O–H groups in total. The quantitative estimate of drug-likeness (QED) is 0.848. The summed E-state index contributed by atoms with van der Waals surface area (Å²) in [5, 5.41) is 0.652. The van der Waals surface area contributed by atoms with Crippen LogP contribution in [0.5, 0.6) is 0 Å². The van der Waals surface area contributed by atoms with E-state index < -0.39 is 0 Å². The Morgan fingerprint density at radius 1 is 1.50 bits per heavy atom. The second kappa shape index (κ2) is 4.85. The molecular weight excluding hydrogens is 224 g/mol. The molecule has 0 spiro atoms. The predicted molar refractivity (Wildman–Crippen MR) is 64.3 cm³/mol. The first-order valence-electron chi connectivity index (χ1n) is 5.43. The highest BCUT2D eigenvalue weighted by molar-refractivity contribution is 6.31. The Kier molecular flexibility index (Phi) is 3.46. The number of hydrogen-bond acceptors (Lipinski definition) is 2. The van der Waals surface area contributed by atoms with Crippen LogP contribution in [0.3, 0.4) is 0 Å². The number of likely N-dealkylation sites (tertiary alicyclic amines) is 1. The zero-order valence-electron chi connectivity index (χ0n) is 9.03. The number of rotatable bonds is 2. The molecule has 1 aliphatic heterocycles. The highest BCUT2D eigenvalue weighted by Gasteiger charge is 2.23. The highest BCUT2D eigenvalue weighted by atomic mass is 35.5. The minimum Gasteiger partial charge on any atom is -0.341 e. The fourth-order valence-electron chi connectivity index (χ4n) is 1.93. The molecule has 1 aliphatic rings. The molecule has 0 unspecified atom stereocenters. The van der Waals surface area contributed by atoms with E-state index in [4.69, 9.17) is 17.3 Å². The van der Waals surface area contributed by atoms with Crippen molar-refractivity contribution >= 4 is 17.5 Å². The lowest BCUT2D eigenvalue weighted by atomic mass is 10.1. The first-order chi connectivity index (χ1) is 7.66. The maximum absolute atomic E-state index is 11.9. The molecule has 86 valence electrons. The first-order valence-corrected chi connectivity index (χ1v) is 5.81. The first kappa shape index (κ1) is 11.4. The predicted octanol–water partition coefficient (Wildman–Crippen LogP) is 1.44. The molecule has 0 bridgehead atoms. The Hall–Kier alpha value is -1.06. The summed E-state index contributed by atoms with van der Waals surface area (Å²) in [6.45, 7) is 1.44. The lowest BCUT2D eigenvalue weighted by Crippen LogP contribution is -2.32. The van der Waals surface area contributed by atoms with Crippen molar-refractivity contribution in [3.8, 4) is 0 Å². The molecule has 1 saturated heterocycles. The number of nitrogens with two attached hydrogens (primary N) is 1. The second-order valence-corrected chi connectivity index (χ2v) is 4.56. The van der Waals surface area contributed by atoms with Crippen LogP contribution in [-0.4, -0.2) is 29.9 Å². The Balaban J connectivity index is 2.00. The van der Waals surface area contributed by atoms with Crippen molar-refractivity contribution in [3.63, 3.8) is 0 Å². The summed E-state index contributed by atoms with van der Waals surface area (Å²) in [6, 6.07) is 7.58. The van der Waals surface area contributed by atoms with Gasteiger partial charge in [0.25, 0.3) is 0 Å². The third kappa shape index (κ3) is 2.54. The number of carbonyl (C=O) groups excluding carboxylic acids is 1. The molecule has 0 aliphatic carbocycles. The minimum atomic E-state index is 0.112. The van der Waals surface area contributed by atoms with Gasteiger partial charge in [0, 0.05) is 24.2 Å². The van der Waals surface area contributed by atoms with Crippen molar-refractivity contribution < 1.29 is 4.79 Å². The summed E-state index contributed by atoms with van der Waals surface area (Å²) in [4.78, 5) is 13.7. The van der Waals surface area contributed by atoms with Crippen molar-refractivity contribution in [1.29, 1.82) is 0 Å². The Labute approximate surface area is 100 Å². The average Bonchev–Trinajstić information content (AvgIpc) is 2.68. The van der Waals surface area contributed by atoms with E-state index in [0.29, 0.717) is 18.0 Å². The fraction of sp³-hybridized carbons (Fsp3) is 0.417. The topological polar surface area (TPSA) is 46.3 Å². The van der Waals surface area contributed by atoms with Gasteiger partial charge in [-0.05, 0) is 18.1 Å². The van der Waals surface area contributed by atoms with Gasteiger partial charge in [0.2, 0.25) is 5.91 Å². The molecule has 1 fully saturated rings. The number of halogens is 1. The lowest BCUT2D eigenvalue weighted by Gasteiger charge is -2.16. The molecule has 1 amide bonds. The van der Waals surface area contributed by atoms with Crippen LogP contribution in [0.15, 0.2) is 24.3 Å². The van der Waals surface area contributed by atoms with Gasteiger partial charge in [0.15, 0.2) is 0 Å². The molecule has 2 rings (SSSR count). The number of nitrogens with zero attached hydrogens (tertiary/aromatic N) is 1. The molecular formula is C12H15ClN2O. The van der Waals surface area contributed by atoms with Gasteiger partial charge in [-0.25, -0.2) is 0 Å². The van der Waals surface area contributed by atoms with Gasteiger partial charge in [-0.3, -0.25) is 4.79 Å². The molecule has 0 saturated carbocycles. The third-order valence-corrected chi connectivity index (χ3v) is 3.25. The molecule has 0 aromatic heterocycles. The number of benzene rings is 1. The van der Waals surface area contributed by atoms with Crippen LogP contribution < -0.4 is 5.73 Å². The zero-order chi connectivity index (χ0) is 11.5. The maximum atomic E-state index is 11.9. The van der Waals surface area contributed by atoms with Gasteiger partial charge < -0.3 is 10.6 Å². The van der Waals surface area contributed by atoms with Gasteiger partial charge >= 0.3 is 0 Å². The van der Waals surface area contributed by atoms with Crippen LogP contribution in [-0.2, 0) is 11.2 Å². The van der Waals surface area contributed by atoms with E-state index in [1.165, 1.54) is 0 Å². The van der Waals surface area contributed by atoms with Crippen molar-refractivity contribution in [2.75, 3.05) is 13.1 Å². The van der Waals surface area contributed by atoms with Crippen LogP contribution in [0, 0.1) is 0 Å². The van der Waals surface area contributed by atoms with E-state index in [1.807, 2.05) is 23.1 Å². The third-order valence-electron chi connectivity index (χ3n) is 2.88. The number of hydrogen-bond donors (Lipinski definition) is 1. The Morgan fingerprint density at radius 2 is 2.25 bits per heavy atom. The molecule has 1 aromatic rings. The smallest absolute Gasteiger partial charge is 0.227 e. The summed E-state index contributed by atoms with van der Waals surface area (Å²) in [5.41, 5.74) is 6.65. The standard InChI is InChI=1S/C12H15ClN2O/c13-11-4-2-1-3-9(11)7-12(16)15-6-5-10(14)8-15/h1-4,10H,5-8,14H2/t10-/m0/s1. The summed E-state index contributed by atoms with van der Waals surface area (Å²) in [5.74, 6) is 0.112. The van der Waals surface area contributed by atoms with Gasteiger partial charge in [0.05, 0.1) is 6.42 Å². The van der Waals surface area contributed by atoms with E-state index >= 15 is 0 Å². The van der Waals surface area contributed by atoms with E-state index in [9.17, 15) is 4.79 Å². The monoisotopic (exact) mass is 238 g/mol. The summed E-state index contributed by atoms with van der Waals surface area (Å²) in [6.07, 6.45) is 1.26. The van der Waals surface area contributed by atoms with Crippen LogP contribution in [0.4, 0.5) is 0 Å². The number of amides is 1. The molecule has 1 aromatic carbocycles. The molecule has 1 atom stereocenters. The van der Waals surface area contributed by atoms with Crippen LogP contribution >= 0.6 is 11.6 Å². The summed E-state index contributed by atoms with van der Waals surface area (Å²) >= 11 is 6.01. The van der Waals surface area contributed by atoms with Crippen molar-refractivity contribution in [2.45, 2.75) is 18.9 Å². The van der Waals surface area contributed by atoms with Crippen LogP contribution in [0.1, 0.15) is 12.0 Å². The van der Waals surface area contributed by atoms with Crippen molar-refractivity contribution in [1.82, 2.24) is 4.90 Å². The van der Waals surface area contributed by atoms with E-state index in [2.05, 4.69) is 0 Å². The molecule has 4 heteroatoms. The molecule has 16 heavy (non-hydrogen) atoms. The Bertz CT molecular complexity index is 394. The maximum Gasteiger partial charge on any atom is 0.227 e. The normalized spacial score (nSPS) is 20.1. The van der Waals surface area contributed by atoms with Crippen molar-refractivity contribution in [3.05, 3.63) is 34.9 Å². The molecule has 3 nitrogen and oxygen atoms in total. The van der Waals surface area contributed by atoms with E-state index in [-0.39, 0.29) is 11.9 Å². The zero-order valence-corrected chi connectivity index (χ0v) is 9.78. The van der Waals surface area contributed by atoms with Crippen molar-refractivity contribution in [2.24, 2.45) is 5.73 Å². The Morgan fingerprint density at radius 3 is 2.88 bits per heavy atom. The number of carbonyl (C=O) groups is 1. The SMILES string of the molecule is N[C@H]1CCN(C(=O)Cc2ccccc2Cl)C1. The second-order valence-electron chi connectivity index (χ2n) is 4.16. The van der Waals surface area contributed by atoms with E-state index in [1.54, 1.807) is 6.07 Å². The average molecular weight is 239 g/mol. The molecule has 1 heterocycles. The van der Waals surface area contributed by atoms with Gasteiger partial charge in [0.1, 0.15) is 0 Å². The van der Waals surface area contributed by atoms with Gasteiger partial charge in [-0.15, -0.1) is 0 Å². The summed E-state index contributed by atoms with van der Waals surface area (Å²) < 4.78 is 0. The van der Waals surface area contributed by atoms with E-state index in [0.717, 1.165) is 18.5 Å². The minimum absolute atomic E-state index is 0.112. The highest BCUT2D eigenvalue weighted by Crippen LogP contribution is 2.17. The van der Waals surface area contributed by atoms with Crippen LogP contribution in [0.2, 0.25) is 5.02 Å². The fourth-order valence-corrected chi connectivity index (χ4v) is 2.13. The molecule has 0 radical (unpaired) electrons.